The highest BCUT2D eigenvalue weighted by Crippen LogP contribution is 2.33. The second-order valence-corrected chi connectivity index (χ2v) is 7.91. The summed E-state index contributed by atoms with van der Waals surface area (Å²) >= 11 is 8.09. The number of rotatable bonds is 2. The van der Waals surface area contributed by atoms with Gasteiger partial charge in [-0.3, -0.25) is 4.79 Å². The Balaban J connectivity index is 2.11. The van der Waals surface area contributed by atoms with Gasteiger partial charge in [-0.1, -0.05) is 0 Å². The van der Waals surface area contributed by atoms with Gasteiger partial charge in [-0.05, 0) is 57.8 Å². The van der Waals surface area contributed by atoms with E-state index in [1.165, 1.54) is 11.3 Å². The molecule has 2 rings (SSSR count). The van der Waals surface area contributed by atoms with Crippen molar-refractivity contribution in [1.82, 2.24) is 10.2 Å². The number of hydrogen-bond acceptors (Lipinski definition) is 4. The molecule has 1 saturated heterocycles. The molecule has 0 unspecified atom stereocenters. The Morgan fingerprint density at radius 2 is 2.16 bits per heavy atom. The van der Waals surface area contributed by atoms with Gasteiger partial charge in [0.1, 0.15) is 5.54 Å². The minimum absolute atomic E-state index is 0.178. The Kier molecular flexibility index (Phi) is 4.66. The standard InChI is InChI=1S/C12H13Br2N3OS/c1-17-4-2-12(7-15,3-5-17)16-11(18)9-6-8(13)10(14)19-9/h6H,2-5H2,1H3,(H,16,18). The van der Waals surface area contributed by atoms with Crippen molar-refractivity contribution in [3.63, 3.8) is 0 Å². The Labute approximate surface area is 133 Å². The van der Waals surface area contributed by atoms with Crippen molar-refractivity contribution in [3.8, 4) is 6.07 Å². The second kappa shape index (κ2) is 5.92. The zero-order valence-electron chi connectivity index (χ0n) is 10.4. The fourth-order valence-corrected chi connectivity index (χ4v) is 3.93. The maximum absolute atomic E-state index is 12.2. The van der Waals surface area contributed by atoms with Crippen LogP contribution in [0.2, 0.25) is 0 Å². The van der Waals surface area contributed by atoms with Gasteiger partial charge in [0.2, 0.25) is 0 Å². The van der Waals surface area contributed by atoms with Crippen LogP contribution in [0.5, 0.6) is 0 Å². The molecule has 19 heavy (non-hydrogen) atoms. The zero-order valence-corrected chi connectivity index (χ0v) is 14.4. The molecule has 1 amide bonds. The van der Waals surface area contributed by atoms with Crippen molar-refractivity contribution in [2.75, 3.05) is 20.1 Å². The van der Waals surface area contributed by atoms with Crippen molar-refractivity contribution < 1.29 is 4.79 Å². The van der Waals surface area contributed by atoms with Crippen LogP contribution in [0, 0.1) is 11.3 Å². The summed E-state index contributed by atoms with van der Waals surface area (Å²) in [6, 6.07) is 4.05. The molecule has 1 aliphatic rings. The first kappa shape index (κ1) is 15.0. The molecule has 1 N–H and O–H groups in total. The number of hydrogen-bond donors (Lipinski definition) is 1. The van der Waals surface area contributed by atoms with Gasteiger partial charge >= 0.3 is 0 Å². The third-order valence-corrected chi connectivity index (χ3v) is 6.53. The lowest BCUT2D eigenvalue weighted by molar-refractivity contribution is 0.0886. The number of piperidine rings is 1. The first-order valence-electron chi connectivity index (χ1n) is 5.83. The van der Waals surface area contributed by atoms with Crippen molar-refractivity contribution in [2.45, 2.75) is 18.4 Å². The summed E-state index contributed by atoms with van der Waals surface area (Å²) in [6.45, 7) is 1.65. The molecular weight excluding hydrogens is 394 g/mol. The highest BCUT2D eigenvalue weighted by atomic mass is 79.9. The van der Waals surface area contributed by atoms with Gasteiger partial charge in [0.25, 0.3) is 5.91 Å². The number of thiophene rings is 1. The SMILES string of the molecule is CN1CCC(C#N)(NC(=O)c2cc(Br)c(Br)s2)CC1. The van der Waals surface area contributed by atoms with E-state index in [4.69, 9.17) is 0 Å². The van der Waals surface area contributed by atoms with E-state index in [2.05, 4.69) is 48.1 Å². The van der Waals surface area contributed by atoms with Crippen molar-refractivity contribution in [2.24, 2.45) is 0 Å². The molecule has 7 heteroatoms. The Morgan fingerprint density at radius 3 is 2.63 bits per heavy atom. The Morgan fingerprint density at radius 1 is 1.53 bits per heavy atom. The van der Waals surface area contributed by atoms with E-state index in [0.29, 0.717) is 17.7 Å². The molecule has 0 saturated carbocycles. The second-order valence-electron chi connectivity index (χ2n) is 4.68. The Bertz CT molecular complexity index is 510. The van der Waals surface area contributed by atoms with Gasteiger partial charge in [-0.15, -0.1) is 11.3 Å². The van der Waals surface area contributed by atoms with E-state index in [0.717, 1.165) is 21.3 Å². The summed E-state index contributed by atoms with van der Waals surface area (Å²) in [4.78, 5) is 15.0. The lowest BCUT2D eigenvalue weighted by Gasteiger charge is -2.35. The minimum Gasteiger partial charge on any atom is -0.333 e. The van der Waals surface area contributed by atoms with Crippen molar-refractivity contribution in [1.29, 1.82) is 5.26 Å². The van der Waals surface area contributed by atoms with Crippen LogP contribution in [0.3, 0.4) is 0 Å². The van der Waals surface area contributed by atoms with Crippen molar-refractivity contribution in [3.05, 3.63) is 19.2 Å². The summed E-state index contributed by atoms with van der Waals surface area (Å²) in [5.74, 6) is -0.178. The highest BCUT2D eigenvalue weighted by molar-refractivity contribution is 9.13. The van der Waals surface area contributed by atoms with Gasteiger partial charge < -0.3 is 10.2 Å². The lowest BCUT2D eigenvalue weighted by atomic mass is 9.89. The monoisotopic (exact) mass is 405 g/mol. The van der Waals surface area contributed by atoms with Crippen LogP contribution in [0.25, 0.3) is 0 Å². The predicted octanol–water partition coefficient (Wildman–Crippen LogP) is 2.99. The predicted molar refractivity (Wildman–Crippen MR) is 82.3 cm³/mol. The average molecular weight is 407 g/mol. The van der Waals surface area contributed by atoms with E-state index in [1.807, 2.05) is 7.05 Å². The third kappa shape index (κ3) is 3.37. The maximum Gasteiger partial charge on any atom is 0.262 e. The number of amides is 1. The molecule has 0 atom stereocenters. The molecule has 1 aromatic heterocycles. The molecule has 0 bridgehead atoms. The van der Waals surface area contributed by atoms with E-state index in [1.54, 1.807) is 6.07 Å². The number of likely N-dealkylation sites (tertiary alicyclic amines) is 1. The smallest absolute Gasteiger partial charge is 0.262 e. The van der Waals surface area contributed by atoms with Gasteiger partial charge in [-0.25, -0.2) is 0 Å². The van der Waals surface area contributed by atoms with Crippen LogP contribution < -0.4 is 5.32 Å². The normalized spacial score (nSPS) is 18.8. The summed E-state index contributed by atoms with van der Waals surface area (Å²) in [6.07, 6.45) is 1.33. The average Bonchev–Trinajstić information content (AvgIpc) is 2.73. The summed E-state index contributed by atoms with van der Waals surface area (Å²) in [5, 5.41) is 12.3. The first-order valence-corrected chi connectivity index (χ1v) is 8.23. The summed E-state index contributed by atoms with van der Waals surface area (Å²) in [5.41, 5.74) is -0.730. The highest BCUT2D eigenvalue weighted by Gasteiger charge is 2.35. The van der Waals surface area contributed by atoms with E-state index in [9.17, 15) is 10.1 Å². The van der Waals surface area contributed by atoms with E-state index in [-0.39, 0.29) is 5.91 Å². The largest absolute Gasteiger partial charge is 0.333 e. The molecular formula is C12H13Br2N3OS. The molecule has 0 aliphatic carbocycles. The molecule has 0 spiro atoms. The minimum atomic E-state index is -0.730. The van der Waals surface area contributed by atoms with Crippen LogP contribution in [0.15, 0.2) is 14.3 Å². The maximum atomic E-state index is 12.2. The van der Waals surface area contributed by atoms with Crippen LogP contribution in [0.4, 0.5) is 0 Å². The molecule has 2 heterocycles. The summed E-state index contributed by atoms with van der Waals surface area (Å²) < 4.78 is 1.74. The van der Waals surface area contributed by atoms with E-state index < -0.39 is 5.54 Å². The number of halogens is 2. The first-order chi connectivity index (χ1) is 8.96. The number of nitriles is 1. The topological polar surface area (TPSA) is 56.1 Å². The van der Waals surface area contributed by atoms with Crippen molar-refractivity contribution >= 4 is 49.1 Å². The number of carbonyl (C=O) groups is 1. The van der Waals surface area contributed by atoms with Gasteiger partial charge in [0.05, 0.1) is 14.7 Å². The van der Waals surface area contributed by atoms with Gasteiger partial charge in [0.15, 0.2) is 0 Å². The molecule has 4 nitrogen and oxygen atoms in total. The van der Waals surface area contributed by atoms with Crippen LogP contribution in [-0.2, 0) is 0 Å². The zero-order chi connectivity index (χ0) is 14.0. The van der Waals surface area contributed by atoms with Gasteiger partial charge in [-0.2, -0.15) is 5.26 Å². The molecule has 1 aromatic rings. The molecule has 1 fully saturated rings. The number of nitrogens with zero attached hydrogens (tertiary/aromatic N) is 2. The van der Waals surface area contributed by atoms with Gasteiger partial charge in [0, 0.05) is 17.6 Å². The third-order valence-electron chi connectivity index (χ3n) is 3.28. The van der Waals surface area contributed by atoms with Crippen LogP contribution in [0.1, 0.15) is 22.5 Å². The molecule has 0 radical (unpaired) electrons. The summed E-state index contributed by atoms with van der Waals surface area (Å²) in [7, 11) is 2.02. The molecule has 1 aliphatic heterocycles. The molecule has 102 valence electrons. The lowest BCUT2D eigenvalue weighted by Crippen LogP contribution is -2.53. The Hall–Kier alpha value is -0.420. The molecule has 0 aromatic carbocycles. The fraction of sp³-hybridized carbons (Fsp3) is 0.500. The quantitative estimate of drug-likeness (QED) is 0.821. The fourth-order valence-electron chi connectivity index (χ4n) is 2.00. The number of nitrogens with one attached hydrogen (secondary N) is 1. The van der Waals surface area contributed by atoms with Crippen LogP contribution in [-0.4, -0.2) is 36.5 Å². The van der Waals surface area contributed by atoms with Crippen LogP contribution >= 0.6 is 43.2 Å². The number of carbonyl (C=O) groups excluding carboxylic acids is 1. The van der Waals surface area contributed by atoms with E-state index >= 15 is 0 Å².